The molecule has 2 aliphatic heterocycles. The lowest BCUT2D eigenvalue weighted by Crippen LogP contribution is -2.51. The number of nitrogens with zero attached hydrogens (tertiary/aromatic N) is 3. The molecule has 120 valence electrons. The first kappa shape index (κ1) is 15.4. The normalized spacial score (nSPS) is 25.2. The molecule has 2 aliphatic rings. The largest absolute Gasteiger partial charge is 0.383 e. The van der Waals surface area contributed by atoms with Crippen LogP contribution in [-0.4, -0.2) is 79.3 Å². The number of ether oxygens (including phenoxy) is 2. The molecule has 6 nitrogen and oxygen atoms in total. The molecule has 0 unspecified atom stereocenters. The van der Waals surface area contributed by atoms with Gasteiger partial charge in [-0.15, -0.1) is 0 Å². The van der Waals surface area contributed by atoms with Crippen molar-refractivity contribution in [3.05, 3.63) is 30.1 Å². The van der Waals surface area contributed by atoms with Crippen LogP contribution in [0.1, 0.15) is 5.69 Å². The summed E-state index contributed by atoms with van der Waals surface area (Å²) >= 11 is 0. The van der Waals surface area contributed by atoms with Crippen molar-refractivity contribution >= 4 is 5.91 Å². The molecule has 1 aromatic rings. The van der Waals surface area contributed by atoms with Crippen molar-refractivity contribution in [3.8, 4) is 0 Å². The van der Waals surface area contributed by atoms with Crippen LogP contribution in [0.2, 0.25) is 0 Å². The first-order valence-corrected chi connectivity index (χ1v) is 7.80. The van der Waals surface area contributed by atoms with E-state index in [1.807, 2.05) is 23.1 Å². The van der Waals surface area contributed by atoms with E-state index in [4.69, 9.17) is 9.47 Å². The third-order valence-corrected chi connectivity index (χ3v) is 4.41. The van der Waals surface area contributed by atoms with E-state index < -0.39 is 0 Å². The number of aromatic nitrogens is 1. The van der Waals surface area contributed by atoms with Gasteiger partial charge in [0.2, 0.25) is 5.91 Å². The Hall–Kier alpha value is -1.50. The van der Waals surface area contributed by atoms with Gasteiger partial charge in [0, 0.05) is 45.2 Å². The van der Waals surface area contributed by atoms with E-state index in [1.54, 1.807) is 13.3 Å². The maximum Gasteiger partial charge on any atom is 0.228 e. The standard InChI is InChI=1S/C16H23N3O3/c1-21-8-6-18-7-9-22-15-12-19(11-14(15)18)16(20)10-13-4-2-3-5-17-13/h2-5,14-15H,6-12H2,1H3/t14-,15+/m1/s1. The maximum absolute atomic E-state index is 12.5. The Morgan fingerprint density at radius 2 is 2.36 bits per heavy atom. The molecular weight excluding hydrogens is 282 g/mol. The number of hydrogen-bond donors (Lipinski definition) is 0. The summed E-state index contributed by atoms with van der Waals surface area (Å²) in [5.74, 6) is 0.128. The molecule has 1 aromatic heterocycles. The summed E-state index contributed by atoms with van der Waals surface area (Å²) in [6.45, 7) is 4.66. The number of amides is 1. The smallest absolute Gasteiger partial charge is 0.228 e. The highest BCUT2D eigenvalue weighted by Crippen LogP contribution is 2.23. The Balaban J connectivity index is 1.59. The predicted molar refractivity (Wildman–Crippen MR) is 81.5 cm³/mol. The Morgan fingerprint density at radius 1 is 1.45 bits per heavy atom. The number of hydrogen-bond acceptors (Lipinski definition) is 5. The monoisotopic (exact) mass is 305 g/mol. The van der Waals surface area contributed by atoms with Crippen LogP contribution in [0.5, 0.6) is 0 Å². The lowest BCUT2D eigenvalue weighted by molar-refractivity contribution is -0.130. The van der Waals surface area contributed by atoms with Crippen molar-refractivity contribution in [1.29, 1.82) is 0 Å². The summed E-state index contributed by atoms with van der Waals surface area (Å²) in [5.41, 5.74) is 0.819. The number of carbonyl (C=O) groups excluding carboxylic acids is 1. The molecule has 3 rings (SSSR count). The van der Waals surface area contributed by atoms with E-state index in [1.165, 1.54) is 0 Å². The van der Waals surface area contributed by atoms with E-state index >= 15 is 0 Å². The second-order valence-electron chi connectivity index (χ2n) is 5.80. The molecule has 0 radical (unpaired) electrons. The molecule has 0 N–H and O–H groups in total. The molecule has 22 heavy (non-hydrogen) atoms. The fourth-order valence-corrected chi connectivity index (χ4v) is 3.22. The predicted octanol–water partition coefficient (Wildman–Crippen LogP) is 0.182. The molecule has 0 bridgehead atoms. The second-order valence-corrected chi connectivity index (χ2v) is 5.80. The van der Waals surface area contributed by atoms with Gasteiger partial charge in [-0.1, -0.05) is 6.07 Å². The van der Waals surface area contributed by atoms with Gasteiger partial charge in [-0.3, -0.25) is 14.7 Å². The van der Waals surface area contributed by atoms with Crippen LogP contribution in [0.15, 0.2) is 24.4 Å². The Labute approximate surface area is 131 Å². The van der Waals surface area contributed by atoms with Crippen LogP contribution in [0, 0.1) is 0 Å². The zero-order chi connectivity index (χ0) is 15.4. The zero-order valence-corrected chi connectivity index (χ0v) is 13.0. The van der Waals surface area contributed by atoms with Crippen molar-refractivity contribution in [2.24, 2.45) is 0 Å². The molecule has 2 saturated heterocycles. The number of likely N-dealkylation sites (tertiary alicyclic amines) is 1. The average Bonchev–Trinajstić information content (AvgIpc) is 2.98. The second kappa shape index (κ2) is 7.17. The van der Waals surface area contributed by atoms with Crippen molar-refractivity contribution in [1.82, 2.24) is 14.8 Å². The van der Waals surface area contributed by atoms with E-state index in [-0.39, 0.29) is 18.1 Å². The lowest BCUT2D eigenvalue weighted by atomic mass is 10.1. The van der Waals surface area contributed by atoms with E-state index in [9.17, 15) is 4.79 Å². The fraction of sp³-hybridized carbons (Fsp3) is 0.625. The first-order valence-electron chi connectivity index (χ1n) is 7.80. The highest BCUT2D eigenvalue weighted by Gasteiger charge is 2.41. The molecule has 0 saturated carbocycles. The summed E-state index contributed by atoms with van der Waals surface area (Å²) in [6.07, 6.45) is 2.21. The molecule has 2 fully saturated rings. The Morgan fingerprint density at radius 3 is 3.14 bits per heavy atom. The third kappa shape index (κ3) is 3.45. The van der Waals surface area contributed by atoms with E-state index in [0.29, 0.717) is 19.6 Å². The van der Waals surface area contributed by atoms with Gasteiger partial charge < -0.3 is 14.4 Å². The Kier molecular flexibility index (Phi) is 5.02. The quantitative estimate of drug-likeness (QED) is 0.777. The minimum atomic E-state index is 0.123. The lowest BCUT2D eigenvalue weighted by Gasteiger charge is -2.36. The number of rotatable bonds is 5. The van der Waals surface area contributed by atoms with Gasteiger partial charge in [-0.05, 0) is 12.1 Å². The molecule has 2 atom stereocenters. The van der Waals surface area contributed by atoms with E-state index in [2.05, 4.69) is 9.88 Å². The topological polar surface area (TPSA) is 54.9 Å². The maximum atomic E-state index is 12.5. The summed E-state index contributed by atoms with van der Waals surface area (Å²) < 4.78 is 11.0. The van der Waals surface area contributed by atoms with Gasteiger partial charge in [0.15, 0.2) is 0 Å². The van der Waals surface area contributed by atoms with Crippen LogP contribution < -0.4 is 0 Å². The Bertz CT molecular complexity index is 497. The highest BCUT2D eigenvalue weighted by atomic mass is 16.5. The van der Waals surface area contributed by atoms with E-state index in [0.717, 1.165) is 31.9 Å². The van der Waals surface area contributed by atoms with Gasteiger partial charge in [0.1, 0.15) is 0 Å². The van der Waals surface area contributed by atoms with Crippen LogP contribution in [-0.2, 0) is 20.7 Å². The molecule has 1 amide bonds. The van der Waals surface area contributed by atoms with Gasteiger partial charge in [-0.2, -0.15) is 0 Å². The molecular formula is C16H23N3O3. The number of methoxy groups -OCH3 is 1. The summed E-state index contributed by atoms with van der Waals surface area (Å²) in [7, 11) is 1.72. The SMILES string of the molecule is COCCN1CCO[C@H]2CN(C(=O)Cc3ccccn3)C[C@H]21. The molecule has 0 aromatic carbocycles. The van der Waals surface area contributed by atoms with Crippen molar-refractivity contribution < 1.29 is 14.3 Å². The third-order valence-electron chi connectivity index (χ3n) is 4.41. The van der Waals surface area contributed by atoms with Crippen molar-refractivity contribution in [3.63, 3.8) is 0 Å². The number of fused-ring (bicyclic) bond motifs is 1. The average molecular weight is 305 g/mol. The summed E-state index contributed by atoms with van der Waals surface area (Å²) in [4.78, 5) is 21.0. The number of pyridine rings is 1. The van der Waals surface area contributed by atoms with Gasteiger partial charge >= 0.3 is 0 Å². The summed E-state index contributed by atoms with van der Waals surface area (Å²) in [5, 5.41) is 0. The highest BCUT2D eigenvalue weighted by molar-refractivity contribution is 5.78. The molecule has 3 heterocycles. The van der Waals surface area contributed by atoms with Gasteiger partial charge in [0.05, 0.1) is 31.8 Å². The van der Waals surface area contributed by atoms with Crippen LogP contribution >= 0.6 is 0 Å². The van der Waals surface area contributed by atoms with Crippen LogP contribution in [0.4, 0.5) is 0 Å². The van der Waals surface area contributed by atoms with Crippen LogP contribution in [0.25, 0.3) is 0 Å². The zero-order valence-electron chi connectivity index (χ0n) is 13.0. The van der Waals surface area contributed by atoms with Gasteiger partial charge in [-0.25, -0.2) is 0 Å². The first-order chi connectivity index (χ1) is 10.8. The van der Waals surface area contributed by atoms with Crippen molar-refractivity contribution in [2.45, 2.75) is 18.6 Å². The minimum absolute atomic E-state index is 0.123. The molecule has 0 aliphatic carbocycles. The van der Waals surface area contributed by atoms with Crippen LogP contribution in [0.3, 0.4) is 0 Å². The summed E-state index contributed by atoms with van der Waals surface area (Å²) in [6, 6.07) is 5.95. The van der Waals surface area contributed by atoms with Gasteiger partial charge in [0.25, 0.3) is 0 Å². The minimum Gasteiger partial charge on any atom is -0.383 e. The number of carbonyl (C=O) groups is 1. The number of morpholine rings is 1. The van der Waals surface area contributed by atoms with Crippen molar-refractivity contribution in [2.75, 3.05) is 46.5 Å². The molecule has 0 spiro atoms. The molecule has 6 heteroatoms. The fourth-order valence-electron chi connectivity index (χ4n) is 3.22.